The zero-order chi connectivity index (χ0) is 13.8. The number of methoxy groups -OCH3 is 1. The van der Waals surface area contributed by atoms with E-state index in [0.717, 1.165) is 16.9 Å². The first-order valence-electron chi connectivity index (χ1n) is 6.32. The third-order valence-electron chi connectivity index (χ3n) is 3.00. The van der Waals surface area contributed by atoms with Crippen molar-refractivity contribution in [3.05, 3.63) is 47.8 Å². The molecule has 100 valence electrons. The Balaban J connectivity index is 2.43. The summed E-state index contributed by atoms with van der Waals surface area (Å²) in [7, 11) is 1.40. The molecule has 0 atom stereocenters. The number of carbonyl (C=O) groups excluding carboxylic acids is 1. The lowest BCUT2D eigenvalue weighted by atomic mass is 10.0. The molecule has 0 aliphatic carbocycles. The van der Waals surface area contributed by atoms with Crippen LogP contribution in [-0.2, 0) is 16.0 Å². The van der Waals surface area contributed by atoms with Gasteiger partial charge in [0, 0.05) is 5.56 Å². The van der Waals surface area contributed by atoms with Gasteiger partial charge >= 0.3 is 5.97 Å². The predicted molar refractivity (Wildman–Crippen MR) is 73.4 cm³/mol. The molecule has 0 fully saturated rings. The van der Waals surface area contributed by atoms with Gasteiger partial charge in [-0.3, -0.25) is 4.79 Å². The molecule has 0 radical (unpaired) electrons. The summed E-state index contributed by atoms with van der Waals surface area (Å²) in [5, 5.41) is 4.40. The van der Waals surface area contributed by atoms with E-state index in [-0.39, 0.29) is 18.3 Å². The fourth-order valence-corrected chi connectivity index (χ4v) is 2.15. The van der Waals surface area contributed by atoms with Crippen molar-refractivity contribution in [1.82, 2.24) is 9.78 Å². The van der Waals surface area contributed by atoms with Crippen LogP contribution in [0.5, 0.6) is 0 Å². The number of para-hydroxylation sites is 1. The van der Waals surface area contributed by atoms with Crippen LogP contribution in [0.25, 0.3) is 5.69 Å². The molecule has 0 N–H and O–H groups in total. The van der Waals surface area contributed by atoms with Crippen LogP contribution in [0.1, 0.15) is 31.0 Å². The standard InChI is InChI=1S/C15H18N2O2/c1-11(2)15-12(9-14(18)19-3)10-16-17(15)13-7-5-4-6-8-13/h4-8,10-11H,9H2,1-3H3. The van der Waals surface area contributed by atoms with Crippen LogP contribution in [-0.4, -0.2) is 22.9 Å². The third kappa shape index (κ3) is 2.84. The van der Waals surface area contributed by atoms with Crippen LogP contribution in [0, 0.1) is 0 Å². The molecule has 1 aromatic heterocycles. The van der Waals surface area contributed by atoms with Crippen molar-refractivity contribution in [2.24, 2.45) is 0 Å². The summed E-state index contributed by atoms with van der Waals surface area (Å²) in [6.45, 7) is 4.19. The Kier molecular flexibility index (Phi) is 4.00. The molecule has 2 rings (SSSR count). The van der Waals surface area contributed by atoms with Crippen molar-refractivity contribution in [1.29, 1.82) is 0 Å². The van der Waals surface area contributed by atoms with Gasteiger partial charge in [-0.1, -0.05) is 32.0 Å². The molecule has 1 heterocycles. The van der Waals surface area contributed by atoms with E-state index in [1.165, 1.54) is 7.11 Å². The lowest BCUT2D eigenvalue weighted by Gasteiger charge is -2.12. The molecule has 0 aliphatic rings. The second kappa shape index (κ2) is 5.69. The molecular weight excluding hydrogens is 240 g/mol. The number of benzene rings is 1. The number of rotatable bonds is 4. The number of aromatic nitrogens is 2. The molecule has 19 heavy (non-hydrogen) atoms. The van der Waals surface area contributed by atoms with Crippen molar-refractivity contribution in [3.8, 4) is 5.69 Å². The van der Waals surface area contributed by atoms with E-state index in [9.17, 15) is 4.79 Å². The maximum absolute atomic E-state index is 11.4. The van der Waals surface area contributed by atoms with E-state index < -0.39 is 0 Å². The lowest BCUT2D eigenvalue weighted by molar-refractivity contribution is -0.139. The Hall–Kier alpha value is -2.10. The topological polar surface area (TPSA) is 44.1 Å². The monoisotopic (exact) mass is 258 g/mol. The van der Waals surface area contributed by atoms with E-state index in [4.69, 9.17) is 4.74 Å². The van der Waals surface area contributed by atoms with Crippen molar-refractivity contribution in [2.45, 2.75) is 26.2 Å². The Morgan fingerprint density at radius 1 is 1.32 bits per heavy atom. The van der Waals surface area contributed by atoms with Gasteiger partial charge in [0.2, 0.25) is 0 Å². The molecule has 0 aliphatic heterocycles. The first-order valence-corrected chi connectivity index (χ1v) is 6.32. The van der Waals surface area contributed by atoms with Crippen molar-refractivity contribution >= 4 is 5.97 Å². The fraction of sp³-hybridized carbons (Fsp3) is 0.333. The van der Waals surface area contributed by atoms with Gasteiger partial charge in [0.15, 0.2) is 0 Å². The molecule has 4 nitrogen and oxygen atoms in total. The van der Waals surface area contributed by atoms with Gasteiger partial charge in [-0.05, 0) is 18.1 Å². The molecule has 0 unspecified atom stereocenters. The van der Waals surface area contributed by atoms with Gasteiger partial charge in [-0.25, -0.2) is 4.68 Å². The minimum Gasteiger partial charge on any atom is -0.469 e. The van der Waals surface area contributed by atoms with Gasteiger partial charge in [-0.15, -0.1) is 0 Å². The normalized spacial score (nSPS) is 10.7. The summed E-state index contributed by atoms with van der Waals surface area (Å²) < 4.78 is 6.62. The van der Waals surface area contributed by atoms with Crippen LogP contribution >= 0.6 is 0 Å². The molecule has 2 aromatic rings. The van der Waals surface area contributed by atoms with Gasteiger partial charge in [0.05, 0.1) is 31.1 Å². The largest absolute Gasteiger partial charge is 0.469 e. The SMILES string of the molecule is COC(=O)Cc1cnn(-c2ccccc2)c1C(C)C. The van der Waals surface area contributed by atoms with E-state index in [0.29, 0.717) is 0 Å². The Morgan fingerprint density at radius 3 is 2.58 bits per heavy atom. The maximum Gasteiger partial charge on any atom is 0.310 e. The predicted octanol–water partition coefficient (Wildman–Crippen LogP) is 2.71. The van der Waals surface area contributed by atoms with Crippen LogP contribution < -0.4 is 0 Å². The molecule has 0 bridgehead atoms. The average molecular weight is 258 g/mol. The fourth-order valence-electron chi connectivity index (χ4n) is 2.15. The van der Waals surface area contributed by atoms with E-state index in [1.54, 1.807) is 6.20 Å². The van der Waals surface area contributed by atoms with Crippen molar-refractivity contribution in [3.63, 3.8) is 0 Å². The first-order chi connectivity index (χ1) is 9.13. The lowest BCUT2D eigenvalue weighted by Crippen LogP contribution is -2.09. The molecule has 0 saturated heterocycles. The van der Waals surface area contributed by atoms with E-state index in [1.807, 2.05) is 35.0 Å². The summed E-state index contributed by atoms with van der Waals surface area (Å²) in [4.78, 5) is 11.4. The van der Waals surface area contributed by atoms with Gasteiger partial charge in [-0.2, -0.15) is 5.10 Å². The number of esters is 1. The first kappa shape index (κ1) is 13.3. The summed E-state index contributed by atoms with van der Waals surface area (Å²) in [5.41, 5.74) is 2.98. The minimum atomic E-state index is -0.241. The van der Waals surface area contributed by atoms with Crippen molar-refractivity contribution in [2.75, 3.05) is 7.11 Å². The Bertz CT molecular complexity index is 559. The zero-order valence-corrected chi connectivity index (χ0v) is 11.5. The Morgan fingerprint density at radius 2 is 2.00 bits per heavy atom. The number of carbonyl (C=O) groups is 1. The number of hydrogen-bond acceptors (Lipinski definition) is 3. The summed E-state index contributed by atoms with van der Waals surface area (Å²) in [5.74, 6) is 0.0388. The molecule has 1 aromatic carbocycles. The third-order valence-corrected chi connectivity index (χ3v) is 3.00. The van der Waals surface area contributed by atoms with Crippen LogP contribution in [0.4, 0.5) is 0 Å². The summed E-state index contributed by atoms with van der Waals surface area (Å²) >= 11 is 0. The van der Waals surface area contributed by atoms with Crippen LogP contribution in [0.3, 0.4) is 0 Å². The number of ether oxygens (including phenoxy) is 1. The number of nitrogens with zero attached hydrogens (tertiary/aromatic N) is 2. The smallest absolute Gasteiger partial charge is 0.310 e. The molecule has 0 amide bonds. The molecule has 0 spiro atoms. The second-order valence-electron chi connectivity index (χ2n) is 4.71. The van der Waals surface area contributed by atoms with Gasteiger partial charge in [0.25, 0.3) is 0 Å². The van der Waals surface area contributed by atoms with E-state index >= 15 is 0 Å². The van der Waals surface area contributed by atoms with Gasteiger partial charge in [0.1, 0.15) is 0 Å². The van der Waals surface area contributed by atoms with Crippen LogP contribution in [0.15, 0.2) is 36.5 Å². The maximum atomic E-state index is 11.4. The van der Waals surface area contributed by atoms with Gasteiger partial charge < -0.3 is 4.74 Å². The highest BCUT2D eigenvalue weighted by atomic mass is 16.5. The average Bonchev–Trinajstić information content (AvgIpc) is 2.83. The summed E-state index contributed by atoms with van der Waals surface area (Å²) in [6.07, 6.45) is 2.01. The molecule has 4 heteroatoms. The second-order valence-corrected chi connectivity index (χ2v) is 4.71. The minimum absolute atomic E-state index is 0.241. The highest BCUT2D eigenvalue weighted by Crippen LogP contribution is 2.23. The van der Waals surface area contributed by atoms with Crippen molar-refractivity contribution < 1.29 is 9.53 Å². The molecule has 0 saturated carbocycles. The van der Waals surface area contributed by atoms with E-state index in [2.05, 4.69) is 18.9 Å². The molecular formula is C15H18N2O2. The number of hydrogen-bond donors (Lipinski definition) is 0. The zero-order valence-electron chi connectivity index (χ0n) is 11.5. The van der Waals surface area contributed by atoms with Crippen LogP contribution in [0.2, 0.25) is 0 Å². The quantitative estimate of drug-likeness (QED) is 0.792. The highest BCUT2D eigenvalue weighted by Gasteiger charge is 2.17. The Labute approximate surface area is 113 Å². The summed E-state index contributed by atoms with van der Waals surface area (Å²) in [6, 6.07) is 9.92. The highest BCUT2D eigenvalue weighted by molar-refractivity contribution is 5.72.